The predicted octanol–water partition coefficient (Wildman–Crippen LogP) is 4.43. The van der Waals surface area contributed by atoms with E-state index in [0.29, 0.717) is 31.3 Å². The van der Waals surface area contributed by atoms with Crippen LogP contribution in [0, 0.1) is 11.8 Å². The van der Waals surface area contributed by atoms with Gasteiger partial charge in [-0.25, -0.2) is 14.6 Å². The van der Waals surface area contributed by atoms with Crippen molar-refractivity contribution in [3.63, 3.8) is 0 Å². The van der Waals surface area contributed by atoms with Crippen LogP contribution in [0.25, 0.3) is 0 Å². The summed E-state index contributed by atoms with van der Waals surface area (Å²) in [7, 11) is 0. The largest absolute Gasteiger partial charge is 0.479 e. The third kappa shape index (κ3) is 7.25. The molecule has 1 N–H and O–H groups in total. The van der Waals surface area contributed by atoms with E-state index in [0.717, 1.165) is 25.7 Å². The molecule has 2 unspecified atom stereocenters. The van der Waals surface area contributed by atoms with Crippen molar-refractivity contribution >= 4 is 5.97 Å². The van der Waals surface area contributed by atoms with Crippen LogP contribution in [0.15, 0.2) is 0 Å². The Morgan fingerprint density at radius 3 is 2.30 bits per heavy atom. The summed E-state index contributed by atoms with van der Waals surface area (Å²) in [5.74, 6) is 0.131. The summed E-state index contributed by atoms with van der Waals surface area (Å²) in [6.07, 6.45) is 4.91. The van der Waals surface area contributed by atoms with Gasteiger partial charge in [0.1, 0.15) is 0 Å². The van der Waals surface area contributed by atoms with E-state index < -0.39 is 11.6 Å². The number of rotatable bonds is 12. The molecule has 0 heterocycles. The number of hydrogen-bond donors (Lipinski definition) is 1. The Bertz CT molecular complexity index is 265. The Hall–Kier alpha value is -0.610. The van der Waals surface area contributed by atoms with Gasteiger partial charge in [0, 0.05) is 0 Å². The van der Waals surface area contributed by atoms with Gasteiger partial charge < -0.3 is 5.11 Å². The minimum absolute atomic E-state index is 0.381. The van der Waals surface area contributed by atoms with E-state index in [4.69, 9.17) is 9.78 Å². The smallest absolute Gasteiger partial charge is 0.339 e. The molecule has 120 valence electrons. The molecule has 0 bridgehead atoms. The molecule has 20 heavy (non-hydrogen) atoms. The Morgan fingerprint density at radius 1 is 1.20 bits per heavy atom. The zero-order chi connectivity index (χ0) is 15.6. The van der Waals surface area contributed by atoms with Crippen LogP contribution < -0.4 is 0 Å². The van der Waals surface area contributed by atoms with Gasteiger partial charge in [-0.05, 0) is 31.1 Å². The number of unbranched alkanes of at least 4 members (excludes halogenated alkanes) is 1. The number of carboxylic acid groups (broad SMARTS) is 1. The topological polar surface area (TPSA) is 55.8 Å². The highest BCUT2D eigenvalue weighted by molar-refractivity contribution is 5.77. The lowest BCUT2D eigenvalue weighted by Gasteiger charge is -2.27. The molecule has 0 radical (unpaired) electrons. The van der Waals surface area contributed by atoms with Crippen molar-refractivity contribution in [2.75, 3.05) is 6.61 Å². The number of carbonyl (C=O) groups is 1. The minimum atomic E-state index is -1.19. The Kier molecular flexibility index (Phi) is 9.86. The molecule has 4 heteroatoms. The van der Waals surface area contributed by atoms with E-state index in [2.05, 4.69) is 20.8 Å². The van der Waals surface area contributed by atoms with E-state index in [-0.39, 0.29) is 0 Å². The highest BCUT2D eigenvalue weighted by Gasteiger charge is 2.39. The molecule has 0 spiro atoms. The van der Waals surface area contributed by atoms with Crippen LogP contribution >= 0.6 is 0 Å². The standard InChI is InChI=1S/C16H32O4/c1-6-8-11-16(7-2,15(17)18)20-19-12-14(5)10-9-13(3)4/h13-14H,6-12H2,1-5H3,(H,17,18). The van der Waals surface area contributed by atoms with Crippen LogP contribution in [0.2, 0.25) is 0 Å². The lowest BCUT2D eigenvalue weighted by atomic mass is 9.94. The molecule has 0 fully saturated rings. The quantitative estimate of drug-likeness (QED) is 0.426. The predicted molar refractivity (Wildman–Crippen MR) is 80.5 cm³/mol. The molecule has 0 saturated carbocycles. The maximum Gasteiger partial charge on any atom is 0.339 e. The van der Waals surface area contributed by atoms with Crippen molar-refractivity contribution in [1.82, 2.24) is 0 Å². The summed E-state index contributed by atoms with van der Waals surface area (Å²) in [5.41, 5.74) is -1.19. The van der Waals surface area contributed by atoms with Gasteiger partial charge in [-0.15, -0.1) is 0 Å². The molecule has 0 amide bonds. The zero-order valence-electron chi connectivity index (χ0n) is 13.8. The molecule has 0 rings (SSSR count). The maximum absolute atomic E-state index is 11.4. The fraction of sp³-hybridized carbons (Fsp3) is 0.938. The summed E-state index contributed by atoms with van der Waals surface area (Å²) in [5, 5.41) is 9.39. The number of hydrogen-bond acceptors (Lipinski definition) is 3. The van der Waals surface area contributed by atoms with Crippen molar-refractivity contribution in [3.8, 4) is 0 Å². The van der Waals surface area contributed by atoms with Crippen LogP contribution in [0.3, 0.4) is 0 Å². The van der Waals surface area contributed by atoms with E-state index in [9.17, 15) is 9.90 Å². The molecule has 0 aliphatic rings. The first kappa shape index (κ1) is 19.4. The van der Waals surface area contributed by atoms with Crippen molar-refractivity contribution in [2.24, 2.45) is 11.8 Å². The fourth-order valence-electron chi connectivity index (χ4n) is 2.00. The normalized spacial score (nSPS) is 16.1. The van der Waals surface area contributed by atoms with E-state index in [1.54, 1.807) is 0 Å². The summed E-state index contributed by atoms with van der Waals surface area (Å²) < 4.78 is 0. The highest BCUT2D eigenvalue weighted by atomic mass is 17.2. The molecule has 0 aromatic rings. The first-order valence-corrected chi connectivity index (χ1v) is 7.92. The monoisotopic (exact) mass is 288 g/mol. The molecule has 0 saturated heterocycles. The summed E-state index contributed by atoms with van der Waals surface area (Å²) in [4.78, 5) is 22.0. The summed E-state index contributed by atoms with van der Waals surface area (Å²) in [6.45, 7) is 10.8. The van der Waals surface area contributed by atoms with Gasteiger partial charge in [-0.1, -0.05) is 53.9 Å². The second-order valence-electron chi connectivity index (χ2n) is 6.20. The molecular formula is C16H32O4. The van der Waals surface area contributed by atoms with Crippen LogP contribution in [0.5, 0.6) is 0 Å². The Labute approximate surface area is 123 Å². The zero-order valence-corrected chi connectivity index (χ0v) is 13.8. The third-order valence-corrected chi connectivity index (χ3v) is 3.70. The minimum Gasteiger partial charge on any atom is -0.479 e. The number of aliphatic carboxylic acids is 1. The van der Waals surface area contributed by atoms with Crippen LogP contribution in [0.4, 0.5) is 0 Å². The Morgan fingerprint density at radius 2 is 1.85 bits per heavy atom. The van der Waals surface area contributed by atoms with Gasteiger partial charge in [0.15, 0.2) is 5.60 Å². The second kappa shape index (κ2) is 10.2. The maximum atomic E-state index is 11.4. The first-order valence-electron chi connectivity index (χ1n) is 7.92. The van der Waals surface area contributed by atoms with Crippen LogP contribution in [0.1, 0.15) is 73.1 Å². The number of carboxylic acids is 1. The average Bonchev–Trinajstić information content (AvgIpc) is 2.40. The SMILES string of the molecule is CCCCC(CC)(OOCC(C)CCC(C)C)C(=O)O. The summed E-state index contributed by atoms with van der Waals surface area (Å²) in [6, 6.07) is 0. The van der Waals surface area contributed by atoms with Gasteiger partial charge in [0.25, 0.3) is 0 Å². The summed E-state index contributed by atoms with van der Waals surface area (Å²) >= 11 is 0. The van der Waals surface area contributed by atoms with Gasteiger partial charge in [-0.3, -0.25) is 0 Å². The molecular weight excluding hydrogens is 256 g/mol. The molecule has 4 nitrogen and oxygen atoms in total. The van der Waals surface area contributed by atoms with E-state index in [1.807, 2.05) is 13.8 Å². The van der Waals surface area contributed by atoms with Gasteiger partial charge >= 0.3 is 5.97 Å². The molecule has 0 aliphatic heterocycles. The lowest BCUT2D eigenvalue weighted by molar-refractivity contribution is -0.361. The molecule has 0 aromatic carbocycles. The van der Waals surface area contributed by atoms with Crippen molar-refractivity contribution < 1.29 is 19.7 Å². The molecule has 0 aromatic heterocycles. The van der Waals surface area contributed by atoms with Crippen LogP contribution in [-0.2, 0) is 14.6 Å². The fourth-order valence-corrected chi connectivity index (χ4v) is 2.00. The third-order valence-electron chi connectivity index (χ3n) is 3.70. The van der Waals surface area contributed by atoms with Gasteiger partial charge in [0.05, 0.1) is 6.61 Å². The van der Waals surface area contributed by atoms with Crippen molar-refractivity contribution in [3.05, 3.63) is 0 Å². The van der Waals surface area contributed by atoms with Crippen molar-refractivity contribution in [1.29, 1.82) is 0 Å². The van der Waals surface area contributed by atoms with Gasteiger partial charge in [-0.2, -0.15) is 0 Å². The highest BCUT2D eigenvalue weighted by Crippen LogP contribution is 2.25. The first-order chi connectivity index (χ1) is 9.38. The Balaban J connectivity index is 4.22. The van der Waals surface area contributed by atoms with Crippen LogP contribution in [-0.4, -0.2) is 23.3 Å². The molecule has 0 aliphatic carbocycles. The lowest BCUT2D eigenvalue weighted by Crippen LogP contribution is -2.41. The molecule has 2 atom stereocenters. The van der Waals surface area contributed by atoms with E-state index in [1.165, 1.54) is 0 Å². The van der Waals surface area contributed by atoms with Gasteiger partial charge in [0.2, 0.25) is 0 Å². The van der Waals surface area contributed by atoms with Crippen molar-refractivity contribution in [2.45, 2.75) is 78.7 Å². The average molecular weight is 288 g/mol. The van der Waals surface area contributed by atoms with E-state index >= 15 is 0 Å². The second-order valence-corrected chi connectivity index (χ2v) is 6.20.